The van der Waals surface area contributed by atoms with Crippen LogP contribution in [0.15, 0.2) is 24.3 Å². The number of ether oxygens (including phenoxy) is 6. The molecular formula is C22H26O10. The molecule has 0 spiro atoms. The first-order valence-corrected chi connectivity index (χ1v) is 9.81. The number of methoxy groups -OCH3 is 4. The highest BCUT2D eigenvalue weighted by molar-refractivity contribution is 5.55. The summed E-state index contributed by atoms with van der Waals surface area (Å²) in [6.45, 7) is -0.480. The van der Waals surface area contributed by atoms with Crippen LogP contribution < -0.4 is 18.9 Å². The maximum atomic E-state index is 11.6. The Balaban J connectivity index is 1.75. The third kappa shape index (κ3) is 3.02. The largest absolute Gasteiger partial charge is 0.502 e. The first-order valence-electron chi connectivity index (χ1n) is 9.81. The van der Waals surface area contributed by atoms with Gasteiger partial charge in [-0.1, -0.05) is 0 Å². The molecule has 2 heterocycles. The van der Waals surface area contributed by atoms with Crippen LogP contribution in [0.2, 0.25) is 0 Å². The van der Waals surface area contributed by atoms with Gasteiger partial charge in [0.1, 0.15) is 12.2 Å². The van der Waals surface area contributed by atoms with Gasteiger partial charge in [-0.15, -0.1) is 0 Å². The summed E-state index contributed by atoms with van der Waals surface area (Å²) >= 11 is 0. The second-order valence-electron chi connectivity index (χ2n) is 7.78. The van der Waals surface area contributed by atoms with Gasteiger partial charge in [0.05, 0.1) is 41.7 Å². The Morgan fingerprint density at radius 2 is 0.938 bits per heavy atom. The fourth-order valence-corrected chi connectivity index (χ4v) is 4.43. The molecule has 2 saturated heterocycles. The van der Waals surface area contributed by atoms with Crippen LogP contribution in [0.25, 0.3) is 0 Å². The Bertz CT molecular complexity index is 892. The van der Waals surface area contributed by atoms with Crippen molar-refractivity contribution in [2.75, 3.05) is 41.7 Å². The average molecular weight is 450 g/mol. The van der Waals surface area contributed by atoms with Crippen molar-refractivity contribution >= 4 is 0 Å². The van der Waals surface area contributed by atoms with Gasteiger partial charge in [0, 0.05) is 0 Å². The number of aromatic hydroxyl groups is 2. The summed E-state index contributed by atoms with van der Waals surface area (Å²) in [5.41, 5.74) is -2.80. The highest BCUT2D eigenvalue weighted by Gasteiger charge is 2.69. The van der Waals surface area contributed by atoms with E-state index in [2.05, 4.69) is 0 Å². The minimum Gasteiger partial charge on any atom is -0.502 e. The fourth-order valence-electron chi connectivity index (χ4n) is 4.43. The maximum Gasteiger partial charge on any atom is 0.200 e. The lowest BCUT2D eigenvalue weighted by Crippen LogP contribution is -2.54. The standard InChI is InChI=1S/C22H26O10/c1-27-13-5-11(6-14(28-2)17(13)23)19-21(25)9-32-20(22(21,26)10-31-19)12-7-15(29-3)18(24)16(8-12)30-4/h5-8,19-20,23-26H,9-10H2,1-4H3/t19-,20-,21+,22+/m0/s1. The van der Waals surface area contributed by atoms with Crippen molar-refractivity contribution in [1.82, 2.24) is 0 Å². The number of hydrogen-bond acceptors (Lipinski definition) is 10. The molecule has 4 N–H and O–H groups in total. The second kappa shape index (κ2) is 7.89. The third-order valence-electron chi connectivity index (χ3n) is 6.17. The lowest BCUT2D eigenvalue weighted by Gasteiger charge is -2.34. The minimum absolute atomic E-state index is 0.130. The number of hydrogen-bond donors (Lipinski definition) is 4. The smallest absolute Gasteiger partial charge is 0.200 e. The number of phenolic OH excluding ortho intramolecular Hbond substituents is 2. The van der Waals surface area contributed by atoms with Gasteiger partial charge in [-0.2, -0.15) is 0 Å². The molecule has 0 radical (unpaired) electrons. The molecule has 2 aliphatic heterocycles. The Labute approximate surface area is 184 Å². The molecule has 4 atom stereocenters. The molecule has 174 valence electrons. The molecule has 2 aromatic carbocycles. The third-order valence-corrected chi connectivity index (χ3v) is 6.17. The molecule has 2 aliphatic rings. The molecule has 0 bridgehead atoms. The molecule has 0 unspecified atom stereocenters. The monoisotopic (exact) mass is 450 g/mol. The number of benzene rings is 2. The van der Waals surface area contributed by atoms with Crippen LogP contribution in [-0.2, 0) is 9.47 Å². The molecule has 10 nitrogen and oxygen atoms in total. The zero-order valence-corrected chi connectivity index (χ0v) is 18.1. The van der Waals surface area contributed by atoms with Crippen molar-refractivity contribution in [3.8, 4) is 34.5 Å². The quantitative estimate of drug-likeness (QED) is 0.512. The Morgan fingerprint density at radius 1 is 0.656 bits per heavy atom. The molecule has 4 rings (SSSR count). The van der Waals surface area contributed by atoms with E-state index >= 15 is 0 Å². The predicted octanol–water partition coefficient (Wildman–Crippen LogP) is 1.44. The molecule has 2 fully saturated rings. The Kier molecular flexibility index (Phi) is 5.49. The van der Waals surface area contributed by atoms with Crippen molar-refractivity contribution in [3.63, 3.8) is 0 Å². The number of phenols is 2. The van der Waals surface area contributed by atoms with Crippen LogP contribution in [0, 0.1) is 0 Å². The molecule has 0 aliphatic carbocycles. The normalized spacial score (nSPS) is 28.9. The van der Waals surface area contributed by atoms with Gasteiger partial charge in [0.15, 0.2) is 34.2 Å². The van der Waals surface area contributed by atoms with E-state index in [1.165, 1.54) is 52.7 Å². The van der Waals surface area contributed by atoms with Crippen LogP contribution in [0.4, 0.5) is 0 Å². The van der Waals surface area contributed by atoms with E-state index in [0.717, 1.165) is 0 Å². The first kappa shape index (κ1) is 22.3. The van der Waals surface area contributed by atoms with Gasteiger partial charge < -0.3 is 48.8 Å². The van der Waals surface area contributed by atoms with Gasteiger partial charge in [-0.25, -0.2) is 0 Å². The van der Waals surface area contributed by atoms with Gasteiger partial charge in [0.25, 0.3) is 0 Å². The molecule has 10 heteroatoms. The van der Waals surface area contributed by atoms with E-state index in [0.29, 0.717) is 11.1 Å². The molecule has 2 aromatic rings. The van der Waals surface area contributed by atoms with Gasteiger partial charge >= 0.3 is 0 Å². The van der Waals surface area contributed by atoms with Crippen molar-refractivity contribution in [3.05, 3.63) is 35.4 Å². The highest BCUT2D eigenvalue weighted by Crippen LogP contribution is 2.57. The SMILES string of the molecule is COc1cc([C@@H]2OC[C@@]3(O)[C@H](c4cc(OC)c(O)c(OC)c4)OC[C@@]23O)cc(OC)c1O. The number of rotatable bonds is 6. The fraction of sp³-hybridized carbons (Fsp3) is 0.455. The average Bonchev–Trinajstić information content (AvgIpc) is 3.20. The van der Waals surface area contributed by atoms with Crippen LogP contribution in [0.3, 0.4) is 0 Å². The zero-order valence-electron chi connectivity index (χ0n) is 18.1. The van der Waals surface area contributed by atoms with Gasteiger partial charge in [0.2, 0.25) is 11.5 Å². The summed E-state index contributed by atoms with van der Waals surface area (Å²) < 4.78 is 32.5. The topological polar surface area (TPSA) is 136 Å². The van der Waals surface area contributed by atoms with Gasteiger partial charge in [-0.05, 0) is 35.4 Å². The lowest BCUT2D eigenvalue weighted by molar-refractivity contribution is -0.114. The van der Waals surface area contributed by atoms with Gasteiger partial charge in [-0.3, -0.25) is 0 Å². The summed E-state index contributed by atoms with van der Waals surface area (Å²) in [5.74, 6) is 0.137. The Hall–Kier alpha value is -2.92. The van der Waals surface area contributed by atoms with Crippen molar-refractivity contribution in [2.24, 2.45) is 0 Å². The summed E-state index contributed by atoms with van der Waals surface area (Å²) in [6.07, 6.45) is -2.00. The van der Waals surface area contributed by atoms with E-state index in [1.807, 2.05) is 0 Å². The predicted molar refractivity (Wildman–Crippen MR) is 110 cm³/mol. The summed E-state index contributed by atoms with van der Waals surface area (Å²) in [7, 11) is 5.55. The van der Waals surface area contributed by atoms with Crippen molar-refractivity contribution in [2.45, 2.75) is 23.4 Å². The first-order chi connectivity index (χ1) is 15.2. The second-order valence-corrected chi connectivity index (χ2v) is 7.78. The highest BCUT2D eigenvalue weighted by atomic mass is 16.6. The molecule has 0 amide bonds. The Morgan fingerprint density at radius 3 is 1.19 bits per heavy atom. The minimum atomic E-state index is -1.83. The number of aliphatic hydroxyl groups is 2. The van der Waals surface area contributed by atoms with E-state index in [1.54, 1.807) is 0 Å². The zero-order chi connectivity index (χ0) is 23.3. The van der Waals surface area contributed by atoms with E-state index < -0.39 is 23.4 Å². The summed E-state index contributed by atoms with van der Waals surface area (Å²) in [5, 5.41) is 43.6. The van der Waals surface area contributed by atoms with E-state index in [4.69, 9.17) is 28.4 Å². The van der Waals surface area contributed by atoms with Crippen LogP contribution in [-0.4, -0.2) is 73.3 Å². The number of fused-ring (bicyclic) bond motifs is 1. The molecular weight excluding hydrogens is 424 g/mol. The lowest BCUT2D eigenvalue weighted by atomic mass is 9.77. The summed E-state index contributed by atoms with van der Waals surface area (Å²) in [6, 6.07) is 6.02. The van der Waals surface area contributed by atoms with Crippen molar-refractivity contribution < 1.29 is 48.8 Å². The van der Waals surface area contributed by atoms with Crippen molar-refractivity contribution in [1.29, 1.82) is 0 Å². The van der Waals surface area contributed by atoms with Crippen LogP contribution in [0.1, 0.15) is 23.3 Å². The van der Waals surface area contributed by atoms with E-state index in [9.17, 15) is 20.4 Å². The van der Waals surface area contributed by atoms with Crippen LogP contribution in [0.5, 0.6) is 34.5 Å². The molecule has 0 aromatic heterocycles. The van der Waals surface area contributed by atoms with E-state index in [-0.39, 0.29) is 47.7 Å². The molecule has 0 saturated carbocycles. The molecule has 32 heavy (non-hydrogen) atoms. The maximum absolute atomic E-state index is 11.6. The summed E-state index contributed by atoms with van der Waals surface area (Å²) in [4.78, 5) is 0. The van der Waals surface area contributed by atoms with Crippen LogP contribution >= 0.6 is 0 Å².